The van der Waals surface area contributed by atoms with Gasteiger partial charge in [0.25, 0.3) is 0 Å². The van der Waals surface area contributed by atoms with Crippen molar-refractivity contribution in [2.45, 2.75) is 24.7 Å². The Bertz CT molecular complexity index is 1500. The first-order valence-electron chi connectivity index (χ1n) is 15.3. The van der Waals surface area contributed by atoms with Crippen LogP contribution in [0.5, 0.6) is 11.5 Å². The van der Waals surface area contributed by atoms with Gasteiger partial charge in [0, 0.05) is 19.1 Å². The molecule has 1 saturated heterocycles. The summed E-state index contributed by atoms with van der Waals surface area (Å²) in [5.41, 5.74) is 2.46. The number of carbonyl (C=O) groups is 2. The van der Waals surface area contributed by atoms with E-state index in [-0.39, 0.29) is 44.2 Å². The molecule has 240 valence electrons. The van der Waals surface area contributed by atoms with E-state index in [0.29, 0.717) is 24.5 Å². The van der Waals surface area contributed by atoms with E-state index in [0.717, 1.165) is 22.3 Å². The van der Waals surface area contributed by atoms with Gasteiger partial charge in [0.2, 0.25) is 5.91 Å². The van der Waals surface area contributed by atoms with Crippen molar-refractivity contribution in [3.05, 3.63) is 131 Å². The molecular weight excluding hydrogens is 584 g/mol. The van der Waals surface area contributed by atoms with E-state index in [4.69, 9.17) is 18.9 Å². The van der Waals surface area contributed by atoms with E-state index >= 15 is 0 Å². The Hall–Kier alpha value is -4.86. The van der Waals surface area contributed by atoms with E-state index in [1.807, 2.05) is 109 Å². The molecule has 0 bridgehead atoms. The van der Waals surface area contributed by atoms with Crippen LogP contribution < -0.4 is 14.8 Å². The molecule has 1 aliphatic rings. The van der Waals surface area contributed by atoms with E-state index in [9.17, 15) is 14.7 Å². The molecule has 0 saturated carbocycles. The highest BCUT2D eigenvalue weighted by atomic mass is 16.5. The van der Waals surface area contributed by atoms with Crippen LogP contribution in [0.25, 0.3) is 0 Å². The van der Waals surface area contributed by atoms with Gasteiger partial charge in [-0.2, -0.15) is 0 Å². The predicted molar refractivity (Wildman–Crippen MR) is 174 cm³/mol. The van der Waals surface area contributed by atoms with Crippen LogP contribution in [0, 0.1) is 5.92 Å². The number of benzene rings is 4. The third kappa shape index (κ3) is 7.50. The van der Waals surface area contributed by atoms with Gasteiger partial charge in [0.15, 0.2) is 0 Å². The zero-order valence-electron chi connectivity index (χ0n) is 26.1. The number of alkyl carbamates (subject to hydrolysis) is 1. The summed E-state index contributed by atoms with van der Waals surface area (Å²) in [7, 11) is 3.25. The average Bonchev–Trinajstić information content (AvgIpc) is 3.55. The average molecular weight is 625 g/mol. The van der Waals surface area contributed by atoms with Crippen LogP contribution in [0.4, 0.5) is 4.79 Å². The minimum absolute atomic E-state index is 0.0619. The van der Waals surface area contributed by atoms with Crippen molar-refractivity contribution in [3.8, 4) is 11.5 Å². The molecule has 2 amide bonds. The Morgan fingerprint density at radius 1 is 0.804 bits per heavy atom. The van der Waals surface area contributed by atoms with Gasteiger partial charge in [0.1, 0.15) is 30.3 Å². The molecule has 0 aromatic heterocycles. The number of aliphatic hydroxyl groups excluding tert-OH is 1. The van der Waals surface area contributed by atoms with E-state index in [1.54, 1.807) is 19.1 Å². The van der Waals surface area contributed by atoms with Crippen LogP contribution >= 0.6 is 0 Å². The van der Waals surface area contributed by atoms with Gasteiger partial charge in [-0.25, -0.2) is 4.79 Å². The summed E-state index contributed by atoms with van der Waals surface area (Å²) in [5.74, 6) is 1.04. The maximum atomic E-state index is 13.5. The summed E-state index contributed by atoms with van der Waals surface area (Å²) in [4.78, 5) is 27.5. The van der Waals surface area contributed by atoms with E-state index in [2.05, 4.69) is 5.32 Å². The number of hydrogen-bond acceptors (Lipinski definition) is 7. The molecule has 2 atom stereocenters. The third-order valence-electron chi connectivity index (χ3n) is 8.34. The molecule has 46 heavy (non-hydrogen) atoms. The lowest BCUT2D eigenvalue weighted by molar-refractivity contribution is -0.133. The fourth-order valence-corrected chi connectivity index (χ4v) is 5.93. The SMILES string of the molecule is COc1ccc(C(OC[C@@H]2C[C@@H](CO)CN2C(=O)CNC(=O)OCc2ccccc2)(c2ccccc2)c2ccc(OC)cc2)cc1. The van der Waals surface area contributed by atoms with Crippen molar-refractivity contribution < 1.29 is 33.6 Å². The number of likely N-dealkylation sites (tertiary alicyclic amines) is 1. The lowest BCUT2D eigenvalue weighted by Crippen LogP contribution is -2.46. The maximum Gasteiger partial charge on any atom is 0.407 e. The Labute approximate surface area is 269 Å². The molecule has 9 heteroatoms. The monoisotopic (exact) mass is 624 g/mol. The van der Waals surface area contributed by atoms with Crippen LogP contribution in [-0.4, -0.2) is 68.6 Å². The second-order valence-electron chi connectivity index (χ2n) is 11.2. The van der Waals surface area contributed by atoms with Gasteiger partial charge in [0.05, 0.1) is 26.9 Å². The Morgan fingerprint density at radius 2 is 1.35 bits per heavy atom. The van der Waals surface area contributed by atoms with Gasteiger partial charge >= 0.3 is 6.09 Å². The second kappa shape index (κ2) is 15.4. The topological polar surface area (TPSA) is 107 Å². The Morgan fingerprint density at radius 3 is 1.89 bits per heavy atom. The molecule has 0 unspecified atom stereocenters. The standard InChI is InChI=1S/C37H40N2O7/c1-43-33-17-13-30(14-18-33)37(29-11-7-4-8-12-29,31-15-19-34(44-2)20-16-31)46-26-32-21-28(24-40)23-39(32)35(41)22-38-36(42)45-25-27-9-5-3-6-10-27/h3-20,28,32,40H,21-26H2,1-2H3,(H,38,42)/t28-,32+/m1/s1. The van der Waals surface area contributed by atoms with Crippen LogP contribution in [0.1, 0.15) is 28.7 Å². The molecule has 1 fully saturated rings. The largest absolute Gasteiger partial charge is 0.497 e. The van der Waals surface area contributed by atoms with E-state index < -0.39 is 11.7 Å². The second-order valence-corrected chi connectivity index (χ2v) is 11.2. The first kappa shape index (κ1) is 32.5. The summed E-state index contributed by atoms with van der Waals surface area (Å²) in [6, 6.07) is 34.4. The number of amides is 2. The van der Waals surface area contributed by atoms with Crippen molar-refractivity contribution in [2.75, 3.05) is 40.5 Å². The van der Waals surface area contributed by atoms with Crippen LogP contribution in [0.15, 0.2) is 109 Å². The van der Waals surface area contributed by atoms with Crippen molar-refractivity contribution in [3.63, 3.8) is 0 Å². The van der Waals surface area contributed by atoms with Gasteiger partial charge in [-0.1, -0.05) is 84.9 Å². The fourth-order valence-electron chi connectivity index (χ4n) is 5.93. The Kier molecular flexibility index (Phi) is 10.9. The lowest BCUT2D eigenvalue weighted by atomic mass is 9.80. The molecule has 4 aromatic carbocycles. The van der Waals surface area contributed by atoms with Gasteiger partial charge in [-0.05, 0) is 52.9 Å². The first-order valence-corrected chi connectivity index (χ1v) is 15.3. The molecule has 4 aromatic rings. The summed E-state index contributed by atoms with van der Waals surface area (Å²) in [5, 5.41) is 12.6. The highest BCUT2D eigenvalue weighted by Crippen LogP contribution is 2.42. The zero-order chi connectivity index (χ0) is 32.4. The molecule has 1 aliphatic heterocycles. The number of nitrogens with one attached hydrogen (secondary N) is 1. The summed E-state index contributed by atoms with van der Waals surface area (Å²) >= 11 is 0. The van der Waals surface area contributed by atoms with Gasteiger partial charge in [-0.3, -0.25) is 4.79 Å². The van der Waals surface area contributed by atoms with Crippen LogP contribution in [0.2, 0.25) is 0 Å². The molecule has 5 rings (SSSR count). The third-order valence-corrected chi connectivity index (χ3v) is 8.34. The molecular formula is C37H40N2O7. The smallest absolute Gasteiger partial charge is 0.407 e. The highest BCUT2D eigenvalue weighted by Gasteiger charge is 2.41. The number of methoxy groups -OCH3 is 2. The lowest BCUT2D eigenvalue weighted by Gasteiger charge is -2.38. The Balaban J connectivity index is 1.39. The van der Waals surface area contributed by atoms with Crippen molar-refractivity contribution in [1.82, 2.24) is 10.2 Å². The number of ether oxygens (including phenoxy) is 4. The van der Waals surface area contributed by atoms with Crippen LogP contribution in [0.3, 0.4) is 0 Å². The molecule has 0 radical (unpaired) electrons. The number of carbonyl (C=O) groups excluding carboxylic acids is 2. The summed E-state index contributed by atoms with van der Waals surface area (Å²) < 4.78 is 23.2. The van der Waals surface area contributed by atoms with Gasteiger partial charge < -0.3 is 34.3 Å². The van der Waals surface area contributed by atoms with Gasteiger partial charge in [-0.15, -0.1) is 0 Å². The molecule has 0 aliphatic carbocycles. The van der Waals surface area contributed by atoms with Crippen molar-refractivity contribution in [1.29, 1.82) is 0 Å². The fraction of sp³-hybridized carbons (Fsp3) is 0.297. The number of rotatable bonds is 13. The molecule has 0 spiro atoms. The van der Waals surface area contributed by atoms with Crippen molar-refractivity contribution >= 4 is 12.0 Å². The number of hydrogen-bond donors (Lipinski definition) is 2. The molecule has 9 nitrogen and oxygen atoms in total. The molecule has 1 heterocycles. The molecule has 2 N–H and O–H groups in total. The summed E-state index contributed by atoms with van der Waals surface area (Å²) in [6.07, 6.45) is -0.124. The number of nitrogens with zero attached hydrogens (tertiary/aromatic N) is 1. The first-order chi connectivity index (χ1) is 22.5. The quantitative estimate of drug-likeness (QED) is 0.198. The number of aliphatic hydroxyl groups is 1. The normalized spacial score (nSPS) is 16.1. The minimum atomic E-state index is -1.05. The van der Waals surface area contributed by atoms with Crippen molar-refractivity contribution in [2.24, 2.45) is 5.92 Å². The maximum absolute atomic E-state index is 13.5. The predicted octanol–water partition coefficient (Wildman–Crippen LogP) is 5.15. The summed E-state index contributed by atoms with van der Waals surface area (Å²) in [6.45, 7) is 0.337. The van der Waals surface area contributed by atoms with E-state index in [1.165, 1.54) is 0 Å². The zero-order valence-corrected chi connectivity index (χ0v) is 26.1. The highest BCUT2D eigenvalue weighted by molar-refractivity contribution is 5.82. The van der Waals surface area contributed by atoms with Crippen LogP contribution in [-0.2, 0) is 26.5 Å². The minimum Gasteiger partial charge on any atom is -0.497 e.